The molecule has 174 valence electrons. The molecule has 0 N–H and O–H groups in total. The normalized spacial score (nSPS) is 16.2. The minimum atomic E-state index is -3.79. The van der Waals surface area contributed by atoms with E-state index in [1.807, 2.05) is 0 Å². The first kappa shape index (κ1) is 25.3. The first-order chi connectivity index (χ1) is 14.5. The van der Waals surface area contributed by atoms with Gasteiger partial charge >= 0.3 is 5.97 Å². The number of sulfone groups is 1. The third-order valence-electron chi connectivity index (χ3n) is 4.68. The van der Waals surface area contributed by atoms with Crippen molar-refractivity contribution < 1.29 is 36.2 Å². The maximum atomic E-state index is 14.5. The van der Waals surface area contributed by atoms with Gasteiger partial charge in [-0.2, -0.15) is 0 Å². The van der Waals surface area contributed by atoms with Gasteiger partial charge < -0.3 is 14.2 Å². The molecule has 0 spiro atoms. The second-order valence-corrected chi connectivity index (χ2v) is 10.6. The summed E-state index contributed by atoms with van der Waals surface area (Å²) >= 11 is 0. The van der Waals surface area contributed by atoms with E-state index >= 15 is 0 Å². The standard InChI is InChI=1S/C22H30F2O6S/c1-22(2,3)30-21(25)7-4-17(13-23)14-29-18-5-6-20(19(24)12-18)31(26,27)15-16-8-10-28-11-9-16/h5-6,12-13,16H,4,7-11,14-15H2,1-3H3/b17-13+. The molecule has 0 aromatic heterocycles. The Kier molecular flexibility index (Phi) is 9.00. The Morgan fingerprint density at radius 2 is 1.90 bits per heavy atom. The molecule has 0 bridgehead atoms. The first-order valence-electron chi connectivity index (χ1n) is 10.2. The van der Waals surface area contributed by atoms with Crippen molar-refractivity contribution in [3.8, 4) is 5.75 Å². The van der Waals surface area contributed by atoms with Crippen molar-refractivity contribution in [3.63, 3.8) is 0 Å². The van der Waals surface area contributed by atoms with Gasteiger partial charge in [-0.25, -0.2) is 17.2 Å². The van der Waals surface area contributed by atoms with Crippen molar-refractivity contribution in [1.29, 1.82) is 0 Å². The van der Waals surface area contributed by atoms with Crippen LogP contribution in [0.3, 0.4) is 0 Å². The van der Waals surface area contributed by atoms with Crippen LogP contribution in [0.15, 0.2) is 35.0 Å². The van der Waals surface area contributed by atoms with E-state index in [9.17, 15) is 22.0 Å². The third-order valence-corrected chi connectivity index (χ3v) is 6.59. The lowest BCUT2D eigenvalue weighted by molar-refractivity contribution is -0.154. The average Bonchev–Trinajstić information content (AvgIpc) is 2.67. The predicted molar refractivity (Wildman–Crippen MR) is 112 cm³/mol. The fourth-order valence-electron chi connectivity index (χ4n) is 3.13. The predicted octanol–water partition coefficient (Wildman–Crippen LogP) is 4.38. The van der Waals surface area contributed by atoms with E-state index in [1.54, 1.807) is 20.8 Å². The molecule has 0 unspecified atom stereocenters. The van der Waals surface area contributed by atoms with Gasteiger partial charge in [0, 0.05) is 25.7 Å². The molecule has 2 rings (SSSR count). The Hall–Kier alpha value is -2.00. The summed E-state index contributed by atoms with van der Waals surface area (Å²) in [6, 6.07) is 3.48. The zero-order chi connectivity index (χ0) is 23.1. The van der Waals surface area contributed by atoms with Gasteiger partial charge in [0.05, 0.1) is 12.1 Å². The van der Waals surface area contributed by atoms with Gasteiger partial charge in [-0.05, 0) is 63.7 Å². The molecule has 9 heteroatoms. The number of hydrogen-bond donors (Lipinski definition) is 0. The summed E-state index contributed by atoms with van der Waals surface area (Å²) in [4.78, 5) is 11.4. The van der Waals surface area contributed by atoms with E-state index in [0.29, 0.717) is 32.4 Å². The number of esters is 1. The molecule has 31 heavy (non-hydrogen) atoms. The molecule has 0 atom stereocenters. The largest absolute Gasteiger partial charge is 0.489 e. The minimum Gasteiger partial charge on any atom is -0.489 e. The molecular weight excluding hydrogens is 430 g/mol. The quantitative estimate of drug-likeness (QED) is 0.509. The first-order valence-corrected chi connectivity index (χ1v) is 11.9. The highest BCUT2D eigenvalue weighted by Gasteiger charge is 2.26. The van der Waals surface area contributed by atoms with Crippen LogP contribution in [0.5, 0.6) is 5.75 Å². The maximum Gasteiger partial charge on any atom is 0.306 e. The fraction of sp³-hybridized carbons (Fsp3) is 0.591. The summed E-state index contributed by atoms with van der Waals surface area (Å²) in [6.07, 6.45) is 1.67. The van der Waals surface area contributed by atoms with Gasteiger partial charge in [-0.3, -0.25) is 4.79 Å². The summed E-state index contributed by atoms with van der Waals surface area (Å²) in [5.41, 5.74) is -0.431. The van der Waals surface area contributed by atoms with Crippen LogP contribution >= 0.6 is 0 Å². The maximum absolute atomic E-state index is 14.5. The molecule has 1 fully saturated rings. The highest BCUT2D eigenvalue weighted by atomic mass is 32.2. The van der Waals surface area contributed by atoms with Crippen LogP contribution in [-0.4, -0.2) is 45.6 Å². The van der Waals surface area contributed by atoms with Crippen molar-refractivity contribution in [1.82, 2.24) is 0 Å². The number of rotatable bonds is 9. The fourth-order valence-corrected chi connectivity index (χ4v) is 4.89. The highest BCUT2D eigenvalue weighted by Crippen LogP contribution is 2.26. The Balaban J connectivity index is 1.92. The zero-order valence-electron chi connectivity index (χ0n) is 18.2. The van der Waals surface area contributed by atoms with Gasteiger partial charge in [-0.15, -0.1) is 0 Å². The monoisotopic (exact) mass is 460 g/mol. The molecule has 1 saturated heterocycles. The lowest BCUT2D eigenvalue weighted by Gasteiger charge is -2.21. The van der Waals surface area contributed by atoms with E-state index in [0.717, 1.165) is 6.07 Å². The lowest BCUT2D eigenvalue weighted by atomic mass is 10.0. The van der Waals surface area contributed by atoms with Crippen molar-refractivity contribution in [3.05, 3.63) is 35.9 Å². The molecule has 0 aliphatic carbocycles. The summed E-state index contributed by atoms with van der Waals surface area (Å²) in [7, 11) is -3.79. The van der Waals surface area contributed by atoms with Gasteiger partial charge in [-0.1, -0.05) is 0 Å². The van der Waals surface area contributed by atoms with Crippen molar-refractivity contribution in [2.24, 2.45) is 5.92 Å². The van der Waals surface area contributed by atoms with Crippen LogP contribution in [0, 0.1) is 11.7 Å². The number of ether oxygens (including phenoxy) is 3. The molecule has 1 aromatic carbocycles. The van der Waals surface area contributed by atoms with Crippen molar-refractivity contribution >= 4 is 15.8 Å². The molecule has 0 saturated carbocycles. The third kappa shape index (κ3) is 8.57. The van der Waals surface area contributed by atoms with E-state index in [-0.39, 0.29) is 47.3 Å². The van der Waals surface area contributed by atoms with E-state index in [1.165, 1.54) is 12.1 Å². The van der Waals surface area contributed by atoms with Crippen LogP contribution in [0.25, 0.3) is 0 Å². The Morgan fingerprint density at radius 1 is 1.23 bits per heavy atom. The molecule has 6 nitrogen and oxygen atoms in total. The number of hydrogen-bond acceptors (Lipinski definition) is 6. The summed E-state index contributed by atoms with van der Waals surface area (Å²) < 4.78 is 68.5. The molecular formula is C22H30F2O6S. The Morgan fingerprint density at radius 3 is 2.48 bits per heavy atom. The second-order valence-electron chi connectivity index (χ2n) is 8.57. The zero-order valence-corrected chi connectivity index (χ0v) is 19.0. The van der Waals surface area contributed by atoms with Crippen LogP contribution in [0.1, 0.15) is 46.5 Å². The summed E-state index contributed by atoms with van der Waals surface area (Å²) in [5.74, 6) is -1.50. The molecule has 0 amide bonds. The van der Waals surface area contributed by atoms with Crippen LogP contribution in [0.2, 0.25) is 0 Å². The summed E-state index contributed by atoms with van der Waals surface area (Å²) in [6.45, 7) is 6.03. The number of benzene rings is 1. The van der Waals surface area contributed by atoms with Gasteiger partial charge in [0.25, 0.3) is 0 Å². The molecule has 1 aliphatic rings. The number of carbonyl (C=O) groups excluding carboxylic acids is 1. The lowest BCUT2D eigenvalue weighted by Crippen LogP contribution is -2.24. The van der Waals surface area contributed by atoms with E-state index < -0.39 is 27.2 Å². The van der Waals surface area contributed by atoms with Crippen molar-refractivity contribution in [2.75, 3.05) is 25.6 Å². The van der Waals surface area contributed by atoms with Crippen LogP contribution < -0.4 is 4.74 Å². The minimum absolute atomic E-state index is 0.0197. The Labute approximate surface area is 182 Å². The smallest absolute Gasteiger partial charge is 0.306 e. The second kappa shape index (κ2) is 11.0. The summed E-state index contributed by atoms with van der Waals surface area (Å²) in [5, 5.41) is 0. The number of carbonyl (C=O) groups is 1. The molecule has 1 heterocycles. The van der Waals surface area contributed by atoms with Crippen molar-refractivity contribution in [2.45, 2.75) is 57.0 Å². The van der Waals surface area contributed by atoms with Gasteiger partial charge in [0.15, 0.2) is 9.84 Å². The SMILES string of the molecule is CC(C)(C)OC(=O)CC/C(=C\F)COc1ccc(S(=O)(=O)CC2CCOCC2)c(F)c1. The molecule has 0 radical (unpaired) electrons. The van der Waals surface area contributed by atoms with Crippen LogP contribution in [-0.2, 0) is 24.1 Å². The topological polar surface area (TPSA) is 78.9 Å². The Bertz CT molecular complexity index is 884. The molecule has 1 aromatic rings. The highest BCUT2D eigenvalue weighted by molar-refractivity contribution is 7.91. The number of halogens is 2. The van der Waals surface area contributed by atoms with E-state index in [2.05, 4.69) is 0 Å². The van der Waals surface area contributed by atoms with Gasteiger partial charge in [0.2, 0.25) is 0 Å². The molecule has 1 aliphatic heterocycles. The van der Waals surface area contributed by atoms with E-state index in [4.69, 9.17) is 14.2 Å². The van der Waals surface area contributed by atoms with Gasteiger partial charge in [0.1, 0.15) is 28.7 Å². The van der Waals surface area contributed by atoms with Crippen LogP contribution in [0.4, 0.5) is 8.78 Å². The average molecular weight is 461 g/mol.